The molecule has 6 heteroatoms. The lowest BCUT2D eigenvalue weighted by atomic mass is 10.0. The highest BCUT2D eigenvalue weighted by molar-refractivity contribution is 5.92. The van der Waals surface area contributed by atoms with Crippen LogP contribution in [-0.2, 0) is 6.54 Å². The topological polar surface area (TPSA) is 63.9 Å². The molecule has 1 atom stereocenters. The van der Waals surface area contributed by atoms with Gasteiger partial charge in [-0.25, -0.2) is 0 Å². The van der Waals surface area contributed by atoms with Crippen molar-refractivity contribution in [2.75, 3.05) is 6.54 Å². The average Bonchev–Trinajstić information content (AvgIpc) is 3.30. The van der Waals surface area contributed by atoms with Crippen LogP contribution in [0.3, 0.4) is 0 Å². The number of piperidine rings is 1. The smallest absolute Gasteiger partial charge is 0.273 e. The van der Waals surface area contributed by atoms with Crippen molar-refractivity contribution in [2.24, 2.45) is 5.92 Å². The molecule has 2 fully saturated rings. The molecule has 2 aromatic rings. The predicted molar refractivity (Wildman–Crippen MR) is 84.6 cm³/mol. The van der Waals surface area contributed by atoms with E-state index in [1.54, 1.807) is 12.3 Å². The molecule has 1 aliphatic carbocycles. The van der Waals surface area contributed by atoms with Crippen molar-refractivity contribution in [3.8, 4) is 0 Å². The zero-order valence-electron chi connectivity index (χ0n) is 13.1. The second-order valence-corrected chi connectivity index (χ2v) is 6.51. The number of pyridine rings is 1. The van der Waals surface area contributed by atoms with Gasteiger partial charge in [0.1, 0.15) is 12.0 Å². The van der Waals surface area contributed by atoms with E-state index >= 15 is 0 Å². The number of hydrogen-bond acceptors (Lipinski definition) is 4. The lowest BCUT2D eigenvalue weighted by Crippen LogP contribution is -2.40. The van der Waals surface area contributed by atoms with Crippen LogP contribution < -0.4 is 0 Å². The minimum absolute atomic E-state index is 0.00345. The maximum atomic E-state index is 12.9. The molecule has 1 saturated carbocycles. The van der Waals surface area contributed by atoms with Gasteiger partial charge in [-0.05, 0) is 50.2 Å². The van der Waals surface area contributed by atoms with Crippen LogP contribution in [0.4, 0.5) is 0 Å². The first-order valence-corrected chi connectivity index (χ1v) is 8.42. The van der Waals surface area contributed by atoms with Gasteiger partial charge in [-0.2, -0.15) is 0 Å². The van der Waals surface area contributed by atoms with E-state index in [4.69, 9.17) is 0 Å². The monoisotopic (exact) mass is 311 g/mol. The van der Waals surface area contributed by atoms with Crippen LogP contribution in [0.2, 0.25) is 0 Å². The summed E-state index contributed by atoms with van der Waals surface area (Å²) in [5.74, 6) is 1.69. The molecule has 0 N–H and O–H groups in total. The molecule has 0 spiro atoms. The highest BCUT2D eigenvalue weighted by Gasteiger charge is 2.33. The Morgan fingerprint density at radius 3 is 2.91 bits per heavy atom. The predicted octanol–water partition coefficient (Wildman–Crippen LogP) is 2.45. The molecule has 6 nitrogen and oxygen atoms in total. The van der Waals surface area contributed by atoms with E-state index in [9.17, 15) is 4.79 Å². The van der Waals surface area contributed by atoms with Gasteiger partial charge in [0.2, 0.25) is 0 Å². The third kappa shape index (κ3) is 2.98. The summed E-state index contributed by atoms with van der Waals surface area (Å²) >= 11 is 0. The summed E-state index contributed by atoms with van der Waals surface area (Å²) < 4.78 is 2.15. The molecule has 1 amide bonds. The first kappa shape index (κ1) is 14.4. The highest BCUT2D eigenvalue weighted by atomic mass is 16.2. The second kappa shape index (κ2) is 6.10. The Balaban J connectivity index is 1.60. The van der Waals surface area contributed by atoms with Crippen LogP contribution in [0.25, 0.3) is 0 Å². The van der Waals surface area contributed by atoms with Crippen LogP contribution in [0.5, 0.6) is 0 Å². The van der Waals surface area contributed by atoms with E-state index in [0.717, 1.165) is 44.1 Å². The molecular formula is C17H21N5O. The zero-order valence-corrected chi connectivity index (χ0v) is 13.1. The van der Waals surface area contributed by atoms with E-state index in [0.29, 0.717) is 5.69 Å². The third-order valence-electron chi connectivity index (χ3n) is 4.74. The van der Waals surface area contributed by atoms with Gasteiger partial charge in [-0.3, -0.25) is 9.78 Å². The SMILES string of the molecule is O=C(c1ccccn1)N1CCCCC1c1nncn1CC1CC1. The van der Waals surface area contributed by atoms with Crippen LogP contribution in [0, 0.1) is 5.92 Å². The molecule has 0 aromatic carbocycles. The first-order chi connectivity index (χ1) is 11.3. The molecule has 23 heavy (non-hydrogen) atoms. The Morgan fingerprint density at radius 1 is 1.22 bits per heavy atom. The number of rotatable bonds is 4. The van der Waals surface area contributed by atoms with Crippen LogP contribution in [0.15, 0.2) is 30.7 Å². The molecule has 3 heterocycles. The Hall–Kier alpha value is -2.24. The molecule has 1 saturated heterocycles. The molecule has 120 valence electrons. The van der Waals surface area contributed by atoms with Crippen LogP contribution in [0.1, 0.15) is 54.5 Å². The molecule has 0 radical (unpaired) electrons. The second-order valence-electron chi connectivity index (χ2n) is 6.51. The quantitative estimate of drug-likeness (QED) is 0.870. The normalized spacial score (nSPS) is 21.4. The number of hydrogen-bond donors (Lipinski definition) is 0. The van der Waals surface area contributed by atoms with Crippen molar-refractivity contribution < 1.29 is 4.79 Å². The average molecular weight is 311 g/mol. The van der Waals surface area contributed by atoms with Crippen molar-refractivity contribution in [1.29, 1.82) is 0 Å². The third-order valence-corrected chi connectivity index (χ3v) is 4.74. The summed E-state index contributed by atoms with van der Waals surface area (Å²) in [4.78, 5) is 19.0. The Kier molecular flexibility index (Phi) is 3.81. The summed E-state index contributed by atoms with van der Waals surface area (Å²) in [6.07, 6.45) is 9.16. The van der Waals surface area contributed by atoms with E-state index in [1.165, 1.54) is 12.8 Å². The van der Waals surface area contributed by atoms with Crippen molar-refractivity contribution >= 4 is 5.91 Å². The van der Waals surface area contributed by atoms with Crippen molar-refractivity contribution in [3.05, 3.63) is 42.2 Å². The number of carbonyl (C=O) groups excluding carboxylic acids is 1. The molecule has 2 aromatic heterocycles. The van der Waals surface area contributed by atoms with Gasteiger partial charge >= 0.3 is 0 Å². The maximum Gasteiger partial charge on any atom is 0.273 e. The Morgan fingerprint density at radius 2 is 2.13 bits per heavy atom. The van der Waals surface area contributed by atoms with Crippen molar-refractivity contribution in [2.45, 2.75) is 44.7 Å². The summed E-state index contributed by atoms with van der Waals surface area (Å²) in [5.41, 5.74) is 0.507. The molecule has 0 bridgehead atoms. The van der Waals surface area contributed by atoms with Gasteiger partial charge in [0.15, 0.2) is 5.82 Å². The van der Waals surface area contributed by atoms with E-state index < -0.39 is 0 Å². The largest absolute Gasteiger partial charge is 0.327 e. The Labute approximate surface area is 135 Å². The zero-order chi connectivity index (χ0) is 15.6. The number of aromatic nitrogens is 4. The molecule has 1 aliphatic heterocycles. The lowest BCUT2D eigenvalue weighted by Gasteiger charge is -2.35. The Bertz CT molecular complexity index is 679. The highest BCUT2D eigenvalue weighted by Crippen LogP contribution is 2.34. The minimum Gasteiger partial charge on any atom is -0.327 e. The van der Waals surface area contributed by atoms with E-state index in [-0.39, 0.29) is 11.9 Å². The minimum atomic E-state index is -0.00345. The van der Waals surface area contributed by atoms with Crippen LogP contribution >= 0.6 is 0 Å². The fraction of sp³-hybridized carbons (Fsp3) is 0.529. The number of likely N-dealkylation sites (tertiary alicyclic amines) is 1. The number of carbonyl (C=O) groups is 1. The fourth-order valence-corrected chi connectivity index (χ4v) is 3.32. The van der Waals surface area contributed by atoms with E-state index in [1.807, 2.05) is 23.4 Å². The van der Waals surface area contributed by atoms with Gasteiger partial charge < -0.3 is 9.47 Å². The van der Waals surface area contributed by atoms with Crippen molar-refractivity contribution in [1.82, 2.24) is 24.6 Å². The lowest BCUT2D eigenvalue weighted by molar-refractivity contribution is 0.0588. The van der Waals surface area contributed by atoms with Gasteiger partial charge in [0, 0.05) is 19.3 Å². The van der Waals surface area contributed by atoms with E-state index in [2.05, 4.69) is 19.7 Å². The molecule has 2 aliphatic rings. The number of nitrogens with zero attached hydrogens (tertiary/aromatic N) is 5. The van der Waals surface area contributed by atoms with Gasteiger partial charge in [0.05, 0.1) is 6.04 Å². The maximum absolute atomic E-state index is 12.9. The number of amides is 1. The van der Waals surface area contributed by atoms with Crippen LogP contribution in [-0.4, -0.2) is 37.1 Å². The summed E-state index contributed by atoms with van der Waals surface area (Å²) in [6.45, 7) is 1.74. The standard InChI is InChI=1S/C17H21N5O/c23-17(14-5-1-3-9-18-14)22-10-4-2-6-15(22)16-20-19-12-21(16)11-13-7-8-13/h1,3,5,9,12-13,15H,2,4,6-8,10-11H2. The van der Waals surface area contributed by atoms with Gasteiger partial charge in [0.25, 0.3) is 5.91 Å². The van der Waals surface area contributed by atoms with Crippen molar-refractivity contribution in [3.63, 3.8) is 0 Å². The summed E-state index contributed by atoms with van der Waals surface area (Å²) in [5, 5.41) is 8.45. The summed E-state index contributed by atoms with van der Waals surface area (Å²) in [6, 6.07) is 5.48. The first-order valence-electron chi connectivity index (χ1n) is 8.42. The van der Waals surface area contributed by atoms with Gasteiger partial charge in [-0.15, -0.1) is 10.2 Å². The molecular weight excluding hydrogens is 290 g/mol. The molecule has 1 unspecified atom stereocenters. The summed E-state index contributed by atoms with van der Waals surface area (Å²) in [7, 11) is 0. The molecule has 4 rings (SSSR count). The van der Waals surface area contributed by atoms with Gasteiger partial charge in [-0.1, -0.05) is 6.07 Å². The fourth-order valence-electron chi connectivity index (χ4n) is 3.32.